The molecule has 0 saturated carbocycles. The van der Waals surface area contributed by atoms with E-state index in [-0.39, 0.29) is 24.2 Å². The van der Waals surface area contributed by atoms with Gasteiger partial charge in [-0.2, -0.15) is 0 Å². The summed E-state index contributed by atoms with van der Waals surface area (Å²) in [6.07, 6.45) is 4.32. The van der Waals surface area contributed by atoms with Gasteiger partial charge in [0, 0.05) is 54.7 Å². The number of H-pyrrole nitrogens is 1. The Bertz CT molecular complexity index is 1570. The van der Waals surface area contributed by atoms with Crippen LogP contribution in [-0.4, -0.2) is 66.5 Å². The van der Waals surface area contributed by atoms with Crippen molar-refractivity contribution < 1.29 is 19.1 Å². The Kier molecular flexibility index (Phi) is 10.4. The fraction of sp³-hybridized carbons (Fsp3) is 0.343. The fourth-order valence-electron chi connectivity index (χ4n) is 6.01. The lowest BCUT2D eigenvalue weighted by Gasteiger charge is -2.41. The summed E-state index contributed by atoms with van der Waals surface area (Å²) < 4.78 is 5.14. The summed E-state index contributed by atoms with van der Waals surface area (Å²) in [5.41, 5.74) is 3.04. The number of ether oxygens (including phenoxy) is 1. The summed E-state index contributed by atoms with van der Waals surface area (Å²) in [6, 6.07) is 25.3. The van der Waals surface area contributed by atoms with Crippen LogP contribution < -0.4 is 10.6 Å². The molecule has 3 N–H and O–H groups in total. The lowest BCUT2D eigenvalue weighted by atomic mass is 9.86. The van der Waals surface area contributed by atoms with Crippen LogP contribution in [0.25, 0.3) is 10.9 Å². The van der Waals surface area contributed by atoms with Crippen molar-refractivity contribution in [2.45, 2.75) is 43.6 Å². The van der Waals surface area contributed by atoms with Gasteiger partial charge in [-0.3, -0.25) is 9.59 Å². The van der Waals surface area contributed by atoms with Crippen molar-refractivity contribution in [3.05, 3.63) is 107 Å². The number of benzene rings is 3. The van der Waals surface area contributed by atoms with Crippen molar-refractivity contribution in [2.24, 2.45) is 0 Å². The number of fused-ring (bicyclic) bond motifs is 1. The Hall–Kier alpha value is -4.14. The van der Waals surface area contributed by atoms with Crippen molar-refractivity contribution in [3.63, 3.8) is 0 Å². The number of amides is 2. The Balaban J connectivity index is 1.20. The minimum atomic E-state index is -1.08. The number of carbonyl (C=O) groups excluding carboxylic acids is 3. The molecule has 9 heteroatoms. The summed E-state index contributed by atoms with van der Waals surface area (Å²) in [6.45, 7) is 2.07. The number of esters is 1. The average molecular weight is 615 g/mol. The molecule has 1 unspecified atom stereocenters. The van der Waals surface area contributed by atoms with E-state index >= 15 is 0 Å². The number of nitrogens with zero attached hydrogens (tertiary/aromatic N) is 1. The Morgan fingerprint density at radius 2 is 1.68 bits per heavy atom. The number of carbonyl (C=O) groups is 3. The molecule has 0 spiro atoms. The van der Waals surface area contributed by atoms with Crippen molar-refractivity contribution in [1.29, 1.82) is 0 Å². The van der Waals surface area contributed by atoms with Crippen LogP contribution in [-0.2, 0) is 32.0 Å². The molecule has 0 bridgehead atoms. The second-order valence-electron chi connectivity index (χ2n) is 11.4. The molecule has 5 rings (SSSR count). The van der Waals surface area contributed by atoms with Crippen LogP contribution in [0.3, 0.4) is 0 Å². The normalized spacial score (nSPS) is 15.4. The van der Waals surface area contributed by atoms with Gasteiger partial charge in [0.2, 0.25) is 11.8 Å². The Labute approximate surface area is 263 Å². The number of nitrogens with one attached hydrogen (secondary N) is 3. The predicted octanol–water partition coefficient (Wildman–Crippen LogP) is 5.02. The highest BCUT2D eigenvalue weighted by atomic mass is 35.5. The minimum absolute atomic E-state index is 0.0481. The Morgan fingerprint density at radius 3 is 2.39 bits per heavy atom. The van der Waals surface area contributed by atoms with Crippen LogP contribution in [0.15, 0.2) is 85.1 Å². The van der Waals surface area contributed by atoms with Crippen LogP contribution in [0, 0.1) is 0 Å². The van der Waals surface area contributed by atoms with E-state index in [1.54, 1.807) is 0 Å². The van der Waals surface area contributed by atoms with E-state index in [0.29, 0.717) is 56.9 Å². The predicted molar refractivity (Wildman–Crippen MR) is 173 cm³/mol. The molecule has 2 heterocycles. The molecule has 3 aromatic carbocycles. The van der Waals surface area contributed by atoms with E-state index < -0.39 is 11.5 Å². The standard InChI is InChI=1S/C35H39ClN4O4/c1-44-34(43)35(39-32(41)15-12-25-8-4-2-5-9-25)17-20-40(21-18-35)24-30(26-10-6-3-7-11-26)33(42)37-19-16-27-23-38-31-14-13-28(36)22-29(27)31/h2-11,13-14,22-23,30,38H,12,15-21,24H2,1H3,(H,37,42)(H,39,41). The molecule has 1 saturated heterocycles. The molecule has 0 radical (unpaired) electrons. The summed E-state index contributed by atoms with van der Waals surface area (Å²) in [5, 5.41) is 7.88. The molecular weight excluding hydrogens is 576 g/mol. The van der Waals surface area contributed by atoms with Crippen molar-refractivity contribution in [1.82, 2.24) is 20.5 Å². The maximum atomic E-state index is 13.6. The van der Waals surface area contributed by atoms with Gasteiger partial charge in [0.1, 0.15) is 5.54 Å². The third-order valence-electron chi connectivity index (χ3n) is 8.53. The third kappa shape index (κ3) is 7.68. The van der Waals surface area contributed by atoms with Gasteiger partial charge in [0.25, 0.3) is 0 Å². The number of halogens is 1. The van der Waals surface area contributed by atoms with Gasteiger partial charge in [-0.15, -0.1) is 0 Å². The maximum absolute atomic E-state index is 13.6. The molecule has 4 aromatic rings. The third-order valence-corrected chi connectivity index (χ3v) is 8.77. The van der Waals surface area contributed by atoms with Gasteiger partial charge in [0.05, 0.1) is 13.0 Å². The van der Waals surface area contributed by atoms with Gasteiger partial charge < -0.3 is 25.3 Å². The topological polar surface area (TPSA) is 104 Å². The van der Waals surface area contributed by atoms with Crippen LogP contribution in [0.4, 0.5) is 0 Å². The summed E-state index contributed by atoms with van der Waals surface area (Å²) in [7, 11) is 1.35. The number of aryl methyl sites for hydroxylation is 1. The lowest BCUT2D eigenvalue weighted by Crippen LogP contribution is -2.60. The number of rotatable bonds is 12. The highest BCUT2D eigenvalue weighted by Crippen LogP contribution is 2.27. The molecule has 230 valence electrons. The largest absolute Gasteiger partial charge is 0.467 e. The van der Waals surface area contributed by atoms with Gasteiger partial charge in [-0.05, 0) is 60.6 Å². The number of methoxy groups -OCH3 is 1. The highest BCUT2D eigenvalue weighted by molar-refractivity contribution is 6.31. The van der Waals surface area contributed by atoms with Gasteiger partial charge in [0.15, 0.2) is 0 Å². The van der Waals surface area contributed by atoms with E-state index in [2.05, 4.69) is 20.5 Å². The van der Waals surface area contributed by atoms with Crippen LogP contribution in [0.5, 0.6) is 0 Å². The molecule has 1 aromatic heterocycles. The number of hydrogen-bond donors (Lipinski definition) is 3. The smallest absolute Gasteiger partial charge is 0.331 e. The summed E-state index contributed by atoms with van der Waals surface area (Å²) in [5.74, 6) is -1.04. The van der Waals surface area contributed by atoms with Gasteiger partial charge >= 0.3 is 5.97 Å². The first kappa shape index (κ1) is 31.3. The van der Waals surface area contributed by atoms with E-state index in [1.165, 1.54) is 7.11 Å². The lowest BCUT2D eigenvalue weighted by molar-refractivity contribution is -0.153. The van der Waals surface area contributed by atoms with E-state index in [4.69, 9.17) is 16.3 Å². The molecule has 1 aliphatic rings. The second kappa shape index (κ2) is 14.6. The van der Waals surface area contributed by atoms with Crippen molar-refractivity contribution in [2.75, 3.05) is 33.3 Å². The number of aromatic nitrogens is 1. The van der Waals surface area contributed by atoms with E-state index in [0.717, 1.165) is 27.6 Å². The maximum Gasteiger partial charge on any atom is 0.331 e. The SMILES string of the molecule is COC(=O)C1(NC(=O)CCc2ccccc2)CCN(CC(C(=O)NCCc2c[nH]c3ccc(Cl)cc23)c2ccccc2)CC1. The van der Waals surface area contributed by atoms with Gasteiger partial charge in [-0.1, -0.05) is 72.3 Å². The first-order valence-electron chi connectivity index (χ1n) is 15.1. The number of aromatic amines is 1. The fourth-order valence-corrected chi connectivity index (χ4v) is 6.18. The quantitative estimate of drug-likeness (QED) is 0.195. The number of piperidine rings is 1. The zero-order chi connectivity index (χ0) is 30.9. The molecule has 0 aliphatic carbocycles. The Morgan fingerprint density at radius 1 is 0.977 bits per heavy atom. The highest BCUT2D eigenvalue weighted by Gasteiger charge is 2.44. The van der Waals surface area contributed by atoms with Crippen LogP contribution in [0.1, 0.15) is 41.9 Å². The summed E-state index contributed by atoms with van der Waals surface area (Å²) >= 11 is 6.20. The number of likely N-dealkylation sites (tertiary alicyclic amines) is 1. The van der Waals surface area contributed by atoms with E-state index in [9.17, 15) is 14.4 Å². The van der Waals surface area contributed by atoms with Crippen LogP contribution >= 0.6 is 11.6 Å². The zero-order valence-corrected chi connectivity index (χ0v) is 25.7. The number of hydrogen-bond acceptors (Lipinski definition) is 5. The minimum Gasteiger partial charge on any atom is -0.467 e. The average Bonchev–Trinajstić information content (AvgIpc) is 3.45. The molecule has 1 aliphatic heterocycles. The molecule has 1 fully saturated rings. The van der Waals surface area contributed by atoms with Crippen LogP contribution in [0.2, 0.25) is 5.02 Å². The molecule has 2 amide bonds. The first-order valence-corrected chi connectivity index (χ1v) is 15.5. The van der Waals surface area contributed by atoms with E-state index in [1.807, 2.05) is 85.1 Å². The zero-order valence-electron chi connectivity index (χ0n) is 25.0. The first-order chi connectivity index (χ1) is 21.4. The van der Waals surface area contributed by atoms with Crippen molar-refractivity contribution in [3.8, 4) is 0 Å². The monoisotopic (exact) mass is 614 g/mol. The van der Waals surface area contributed by atoms with Gasteiger partial charge in [-0.25, -0.2) is 4.79 Å². The molecular formula is C35H39ClN4O4. The summed E-state index contributed by atoms with van der Waals surface area (Å²) in [4.78, 5) is 44.9. The van der Waals surface area contributed by atoms with Crippen molar-refractivity contribution >= 4 is 40.3 Å². The molecule has 8 nitrogen and oxygen atoms in total. The molecule has 44 heavy (non-hydrogen) atoms. The second-order valence-corrected chi connectivity index (χ2v) is 11.9. The molecule has 1 atom stereocenters.